The highest BCUT2D eigenvalue weighted by molar-refractivity contribution is 7.86. The number of hydrogen-bond acceptors (Lipinski definition) is 8. The number of benzene rings is 6. The SMILES string of the molecule is CCOC(=O)C(C)Oc1c(Cl)ccc(P(=O)(c2ccc(F)cc2)c2ccc(F)cc2)c1-c1c(P(=O)(c2ccc(F)cc2)c2ccc(F)cc2)ccc(Cl)c1O[C@@H](C)C(=O)OCC. The van der Waals surface area contributed by atoms with Gasteiger partial charge in [0.25, 0.3) is 0 Å². The molecule has 0 radical (unpaired) electrons. The molecule has 0 aromatic heterocycles. The van der Waals surface area contributed by atoms with Crippen molar-refractivity contribution in [2.24, 2.45) is 0 Å². The van der Waals surface area contributed by atoms with E-state index in [-0.39, 0.29) is 77.7 Å². The zero-order chi connectivity index (χ0) is 44.9. The zero-order valence-electron chi connectivity index (χ0n) is 33.5. The van der Waals surface area contributed by atoms with Crippen molar-refractivity contribution in [3.8, 4) is 22.6 Å². The van der Waals surface area contributed by atoms with Crippen LogP contribution in [-0.4, -0.2) is 37.4 Å². The molecule has 6 rings (SSSR count). The van der Waals surface area contributed by atoms with Crippen molar-refractivity contribution in [2.45, 2.75) is 39.9 Å². The van der Waals surface area contributed by atoms with E-state index in [1.807, 2.05) is 0 Å². The summed E-state index contributed by atoms with van der Waals surface area (Å²) in [6.07, 6.45) is -2.83. The van der Waals surface area contributed by atoms with Crippen LogP contribution in [0.15, 0.2) is 121 Å². The van der Waals surface area contributed by atoms with Crippen LogP contribution in [0.25, 0.3) is 11.1 Å². The van der Waals surface area contributed by atoms with E-state index in [1.165, 1.54) is 86.6 Å². The normalized spacial score (nSPS) is 12.6. The van der Waals surface area contributed by atoms with Gasteiger partial charge >= 0.3 is 11.9 Å². The van der Waals surface area contributed by atoms with Crippen LogP contribution in [-0.2, 0) is 28.2 Å². The van der Waals surface area contributed by atoms with Crippen molar-refractivity contribution in [2.75, 3.05) is 13.2 Å². The fraction of sp³-hybridized carbons (Fsp3) is 0.174. The summed E-state index contributed by atoms with van der Waals surface area (Å²) in [5.74, 6) is -4.99. The van der Waals surface area contributed by atoms with E-state index in [0.717, 1.165) is 48.5 Å². The van der Waals surface area contributed by atoms with Gasteiger partial charge in [-0.05, 0) is 149 Å². The minimum atomic E-state index is -4.44. The molecular formula is C46H38Cl2F4O8P2. The Morgan fingerprint density at radius 1 is 0.484 bits per heavy atom. The molecule has 0 saturated carbocycles. The van der Waals surface area contributed by atoms with Gasteiger partial charge in [-0.2, -0.15) is 0 Å². The summed E-state index contributed by atoms with van der Waals surface area (Å²) < 4.78 is 115. The number of esters is 2. The molecule has 1 unspecified atom stereocenters. The smallest absolute Gasteiger partial charge is 0.347 e. The predicted molar refractivity (Wildman–Crippen MR) is 234 cm³/mol. The number of ether oxygens (including phenoxy) is 4. The lowest BCUT2D eigenvalue weighted by Crippen LogP contribution is -2.33. The molecule has 322 valence electrons. The molecular weight excluding hydrogens is 889 g/mol. The van der Waals surface area contributed by atoms with Crippen molar-refractivity contribution in [3.05, 3.63) is 155 Å². The summed E-state index contributed by atoms with van der Waals surface area (Å²) in [6.45, 7) is 5.84. The second-order valence-corrected chi connectivity index (χ2v) is 20.0. The maximum Gasteiger partial charge on any atom is 0.347 e. The first-order valence-corrected chi connectivity index (χ1v) is 23.3. The van der Waals surface area contributed by atoms with Crippen LogP contribution in [0.1, 0.15) is 27.7 Å². The van der Waals surface area contributed by atoms with Crippen LogP contribution in [0.5, 0.6) is 11.5 Å². The maximum absolute atomic E-state index is 16.5. The largest absolute Gasteiger partial charge is 0.477 e. The zero-order valence-corrected chi connectivity index (χ0v) is 36.8. The van der Waals surface area contributed by atoms with Crippen LogP contribution >= 0.6 is 37.5 Å². The van der Waals surface area contributed by atoms with E-state index < -0.39 is 61.7 Å². The van der Waals surface area contributed by atoms with Gasteiger partial charge in [0.05, 0.1) is 23.3 Å². The molecule has 8 nitrogen and oxygen atoms in total. The molecule has 62 heavy (non-hydrogen) atoms. The fourth-order valence-corrected chi connectivity index (χ4v) is 12.8. The summed E-state index contributed by atoms with van der Waals surface area (Å²) in [7, 11) is -8.88. The Bertz CT molecular complexity index is 2410. The summed E-state index contributed by atoms with van der Waals surface area (Å²) in [5.41, 5.74) is -0.475. The Labute approximate surface area is 365 Å². The highest BCUT2D eigenvalue weighted by atomic mass is 35.5. The van der Waals surface area contributed by atoms with E-state index in [9.17, 15) is 27.2 Å². The predicted octanol–water partition coefficient (Wildman–Crippen LogP) is 9.16. The minimum absolute atomic E-state index is 0.0296. The van der Waals surface area contributed by atoms with Crippen LogP contribution in [0.2, 0.25) is 10.0 Å². The highest BCUT2D eigenvalue weighted by Crippen LogP contribution is 2.55. The van der Waals surface area contributed by atoms with Crippen molar-refractivity contribution < 1.29 is 55.2 Å². The summed E-state index contributed by atoms with van der Waals surface area (Å²) in [6, 6.07) is 24.3. The third-order valence-electron chi connectivity index (χ3n) is 9.69. The topological polar surface area (TPSA) is 105 Å². The van der Waals surface area contributed by atoms with Gasteiger partial charge in [-0.15, -0.1) is 0 Å². The lowest BCUT2D eigenvalue weighted by molar-refractivity contribution is -0.151. The van der Waals surface area contributed by atoms with E-state index in [2.05, 4.69) is 0 Å². The van der Waals surface area contributed by atoms with E-state index >= 15 is 9.13 Å². The molecule has 0 aliphatic heterocycles. The first-order chi connectivity index (χ1) is 29.5. The minimum Gasteiger partial charge on any atom is -0.477 e. The fourth-order valence-electron chi connectivity index (χ4n) is 6.76. The number of rotatable bonds is 15. The van der Waals surface area contributed by atoms with Gasteiger partial charge in [0.1, 0.15) is 34.8 Å². The molecule has 0 heterocycles. The van der Waals surface area contributed by atoms with Crippen molar-refractivity contribution >= 4 is 81.3 Å². The van der Waals surface area contributed by atoms with Crippen molar-refractivity contribution in [1.29, 1.82) is 0 Å². The second-order valence-electron chi connectivity index (χ2n) is 13.7. The molecule has 0 bridgehead atoms. The number of carbonyl (C=O) groups is 2. The summed E-state index contributed by atoms with van der Waals surface area (Å²) >= 11 is 14.0. The molecule has 0 N–H and O–H groups in total. The number of hydrogen-bond donors (Lipinski definition) is 0. The van der Waals surface area contributed by atoms with Crippen LogP contribution in [0.4, 0.5) is 17.6 Å². The third-order valence-corrected chi connectivity index (χ3v) is 16.5. The van der Waals surface area contributed by atoms with Crippen LogP contribution in [0, 0.1) is 23.3 Å². The number of carbonyl (C=O) groups excluding carboxylic acids is 2. The van der Waals surface area contributed by atoms with Gasteiger partial charge in [-0.3, -0.25) is 0 Å². The summed E-state index contributed by atoms with van der Waals surface area (Å²) in [5, 5.41) is -0.526. The first-order valence-electron chi connectivity index (χ1n) is 19.1. The highest BCUT2D eigenvalue weighted by Gasteiger charge is 2.42. The third kappa shape index (κ3) is 9.20. The van der Waals surface area contributed by atoms with Gasteiger partial charge in [-0.1, -0.05) is 23.2 Å². The Morgan fingerprint density at radius 3 is 0.984 bits per heavy atom. The Kier molecular flexibility index (Phi) is 14.4. The van der Waals surface area contributed by atoms with Crippen molar-refractivity contribution in [1.82, 2.24) is 0 Å². The first kappa shape index (κ1) is 46.1. The second kappa shape index (κ2) is 19.3. The Balaban J connectivity index is 1.88. The molecule has 0 spiro atoms. The van der Waals surface area contributed by atoms with E-state index in [4.69, 9.17) is 42.1 Å². The monoisotopic (exact) mass is 926 g/mol. The molecule has 2 atom stereocenters. The van der Waals surface area contributed by atoms with Gasteiger partial charge in [0.15, 0.2) is 26.5 Å². The maximum atomic E-state index is 16.5. The van der Waals surface area contributed by atoms with E-state index in [1.54, 1.807) is 13.8 Å². The molecule has 6 aromatic carbocycles. The van der Waals surface area contributed by atoms with Gasteiger partial charge in [0, 0.05) is 43.0 Å². The molecule has 0 saturated heterocycles. The Morgan fingerprint density at radius 2 is 0.742 bits per heavy atom. The average Bonchev–Trinajstić information content (AvgIpc) is 3.25. The number of halogens is 6. The van der Waals surface area contributed by atoms with E-state index in [0.29, 0.717) is 0 Å². The standard InChI is InChI=1S/C46H38Cl2F4O8P2/c1-5-57-45(53)27(3)59-43-37(47)23-25-39(61(55,33-15-7-29(49)8-16-33)34-17-9-30(50)10-18-34)41(43)42-40(26-24-38(48)44(42)60-28(4)46(54)58-6-2)62(56,35-19-11-31(51)12-20-35)36-21-13-32(52)14-22-36/h7-28H,5-6H2,1-4H3/t27-,28?/m0/s1. The average molecular weight is 928 g/mol. The molecule has 6 aromatic rings. The lowest BCUT2D eigenvalue weighted by atomic mass is 10.0. The Hall–Kier alpha value is -5.38. The van der Waals surface area contributed by atoms with Crippen LogP contribution < -0.4 is 41.3 Å². The molecule has 16 heteroatoms. The molecule has 0 amide bonds. The summed E-state index contributed by atoms with van der Waals surface area (Å²) in [4.78, 5) is 26.5. The lowest BCUT2D eigenvalue weighted by Gasteiger charge is -2.30. The van der Waals surface area contributed by atoms with Gasteiger partial charge in [0.2, 0.25) is 0 Å². The molecule has 0 fully saturated rings. The molecule has 0 aliphatic rings. The molecule has 0 aliphatic carbocycles. The quantitative estimate of drug-likeness (QED) is 0.0571. The van der Waals surface area contributed by atoms with Crippen molar-refractivity contribution in [3.63, 3.8) is 0 Å². The van der Waals surface area contributed by atoms with Gasteiger partial charge in [-0.25, -0.2) is 27.2 Å². The van der Waals surface area contributed by atoms with Crippen LogP contribution in [0.3, 0.4) is 0 Å². The van der Waals surface area contributed by atoms with Gasteiger partial charge < -0.3 is 28.1 Å².